The maximum atomic E-state index is 6.10. The van der Waals surface area contributed by atoms with E-state index in [1.807, 2.05) is 72.8 Å². The van der Waals surface area contributed by atoms with Gasteiger partial charge in [0, 0.05) is 38.3 Å². The Morgan fingerprint density at radius 1 is 0.397 bits per heavy atom. The highest BCUT2D eigenvalue weighted by atomic mass is 32.1. The first-order valence-corrected chi connectivity index (χ1v) is 19.8. The molecule has 0 aliphatic carbocycles. The molecule has 0 unspecified atom stereocenters. The second-order valence-corrected chi connectivity index (χ2v) is 15.4. The number of benzene rings is 8. The lowest BCUT2D eigenvalue weighted by molar-refractivity contribution is 0.619. The minimum atomic E-state index is 0.594. The molecule has 0 saturated carbocycles. The molecule has 0 bridgehead atoms. The van der Waals surface area contributed by atoms with E-state index in [1.165, 1.54) is 4.70 Å². The van der Waals surface area contributed by atoms with Crippen LogP contribution >= 0.6 is 11.3 Å². The summed E-state index contributed by atoms with van der Waals surface area (Å²) in [4.78, 5) is 22.5. The van der Waals surface area contributed by atoms with Crippen molar-refractivity contribution in [2.75, 3.05) is 4.90 Å². The summed E-state index contributed by atoms with van der Waals surface area (Å²) in [6.07, 6.45) is 0. The molecular weight excluding hydrogens is 735 g/mol. The molecule has 58 heavy (non-hydrogen) atoms. The van der Waals surface area contributed by atoms with Crippen molar-refractivity contribution in [3.05, 3.63) is 176 Å². The molecule has 272 valence electrons. The molecule has 7 nitrogen and oxygen atoms in total. The van der Waals surface area contributed by atoms with Crippen molar-refractivity contribution in [3.8, 4) is 34.0 Å². The summed E-state index contributed by atoms with van der Waals surface area (Å²) in [7, 11) is 0. The smallest absolute Gasteiger partial charge is 0.227 e. The van der Waals surface area contributed by atoms with Gasteiger partial charge in [0.15, 0.2) is 11.2 Å². The standard InChI is InChI=1S/C50H29N5O2S/c1-2-8-41-40(7-1)51-47-39-26-20-35(29-46(39)58-50(47)54-41)32-13-14-34-28-38(25-19-33(34)27-32)55(36-21-15-30(16-22-36)48-52-42-9-3-5-11-44(42)56-48)37-23-17-31(18-24-37)49-53-43-10-4-6-12-45(43)57-49/h1-29H. The molecule has 12 rings (SSSR count). The molecule has 0 N–H and O–H groups in total. The number of hydrogen-bond acceptors (Lipinski definition) is 8. The van der Waals surface area contributed by atoms with Crippen molar-refractivity contribution in [2.24, 2.45) is 0 Å². The summed E-state index contributed by atoms with van der Waals surface area (Å²) >= 11 is 1.69. The Kier molecular flexibility index (Phi) is 7.26. The summed E-state index contributed by atoms with van der Waals surface area (Å²) in [6, 6.07) is 60.4. The van der Waals surface area contributed by atoms with Gasteiger partial charge in [0.05, 0.1) is 11.0 Å². The normalized spacial score (nSPS) is 11.8. The Morgan fingerprint density at radius 2 is 0.897 bits per heavy atom. The van der Waals surface area contributed by atoms with E-state index in [-0.39, 0.29) is 0 Å². The number of hydrogen-bond donors (Lipinski definition) is 0. The lowest BCUT2D eigenvalue weighted by Gasteiger charge is -2.26. The van der Waals surface area contributed by atoms with Gasteiger partial charge in [-0.1, -0.05) is 66.7 Å². The van der Waals surface area contributed by atoms with Crippen molar-refractivity contribution in [2.45, 2.75) is 0 Å². The molecule has 12 aromatic rings. The van der Waals surface area contributed by atoms with Crippen LogP contribution in [0.2, 0.25) is 0 Å². The molecule has 0 amide bonds. The largest absolute Gasteiger partial charge is 0.436 e. The predicted octanol–water partition coefficient (Wildman–Crippen LogP) is 13.9. The second-order valence-electron chi connectivity index (χ2n) is 14.3. The maximum Gasteiger partial charge on any atom is 0.227 e. The van der Waals surface area contributed by atoms with Crippen LogP contribution in [0.1, 0.15) is 0 Å². The molecule has 0 radical (unpaired) electrons. The number of thiophene rings is 1. The van der Waals surface area contributed by atoms with Gasteiger partial charge in [-0.2, -0.15) is 0 Å². The van der Waals surface area contributed by atoms with Crippen LogP contribution in [0, 0.1) is 0 Å². The molecule has 0 fully saturated rings. The molecule has 0 saturated heterocycles. The van der Waals surface area contributed by atoms with Crippen LogP contribution in [0.25, 0.3) is 98.5 Å². The highest BCUT2D eigenvalue weighted by Gasteiger charge is 2.17. The minimum absolute atomic E-state index is 0.594. The van der Waals surface area contributed by atoms with E-state index in [0.717, 1.165) is 99.1 Å². The van der Waals surface area contributed by atoms with Crippen molar-refractivity contribution < 1.29 is 8.83 Å². The fourth-order valence-electron chi connectivity index (χ4n) is 7.81. The van der Waals surface area contributed by atoms with Gasteiger partial charge in [0.1, 0.15) is 21.4 Å². The number of nitrogens with zero attached hydrogens (tertiary/aromatic N) is 5. The van der Waals surface area contributed by atoms with Crippen molar-refractivity contribution in [3.63, 3.8) is 0 Å². The molecule has 4 aromatic heterocycles. The molecule has 0 atom stereocenters. The average Bonchev–Trinajstić information content (AvgIpc) is 4.01. The van der Waals surface area contributed by atoms with Crippen molar-refractivity contribution in [1.29, 1.82) is 0 Å². The van der Waals surface area contributed by atoms with E-state index < -0.39 is 0 Å². The van der Waals surface area contributed by atoms with Crippen LogP contribution in [0.5, 0.6) is 0 Å². The third-order valence-corrected chi connectivity index (χ3v) is 11.8. The third-order valence-electron chi connectivity index (χ3n) is 10.7. The molecule has 0 spiro atoms. The van der Waals surface area contributed by atoms with Crippen LogP contribution in [0.4, 0.5) is 17.1 Å². The zero-order chi connectivity index (χ0) is 38.2. The highest BCUT2D eigenvalue weighted by molar-refractivity contribution is 7.25. The zero-order valence-corrected chi connectivity index (χ0v) is 31.5. The van der Waals surface area contributed by atoms with E-state index in [2.05, 4.69) is 108 Å². The number of oxazole rings is 2. The molecule has 0 aliphatic heterocycles. The maximum absolute atomic E-state index is 6.10. The van der Waals surface area contributed by atoms with Crippen LogP contribution in [0.15, 0.2) is 185 Å². The van der Waals surface area contributed by atoms with Crippen molar-refractivity contribution >= 4 is 92.8 Å². The third kappa shape index (κ3) is 5.50. The second kappa shape index (κ2) is 12.9. The van der Waals surface area contributed by atoms with Gasteiger partial charge in [-0.15, -0.1) is 11.3 Å². The summed E-state index contributed by atoms with van der Waals surface area (Å²) in [5, 5.41) is 3.43. The van der Waals surface area contributed by atoms with E-state index in [4.69, 9.17) is 28.8 Å². The molecule has 4 heterocycles. The predicted molar refractivity (Wildman–Crippen MR) is 236 cm³/mol. The zero-order valence-electron chi connectivity index (χ0n) is 30.7. The average molecular weight is 764 g/mol. The van der Waals surface area contributed by atoms with Crippen LogP contribution in [0.3, 0.4) is 0 Å². The Balaban J connectivity index is 0.913. The van der Waals surface area contributed by atoms with Gasteiger partial charge in [-0.05, 0) is 131 Å². The summed E-state index contributed by atoms with van der Waals surface area (Å²) < 4.78 is 13.4. The quantitative estimate of drug-likeness (QED) is 0.167. The lowest BCUT2D eigenvalue weighted by Crippen LogP contribution is -2.09. The first-order chi connectivity index (χ1) is 28.7. The topological polar surface area (TPSA) is 81.1 Å². The molecular formula is C50H29N5O2S. The summed E-state index contributed by atoms with van der Waals surface area (Å²) in [5.41, 5.74) is 13.2. The fraction of sp³-hybridized carbons (Fsp3) is 0. The molecule has 8 aromatic carbocycles. The first kappa shape index (κ1) is 32.6. The summed E-state index contributed by atoms with van der Waals surface area (Å²) in [6.45, 7) is 0. The number of fused-ring (bicyclic) bond motifs is 7. The van der Waals surface area contributed by atoms with Gasteiger partial charge in [-0.25, -0.2) is 19.9 Å². The van der Waals surface area contributed by atoms with Gasteiger partial charge < -0.3 is 13.7 Å². The fourth-order valence-corrected chi connectivity index (χ4v) is 8.88. The number of anilines is 3. The first-order valence-electron chi connectivity index (χ1n) is 19.0. The summed E-state index contributed by atoms with van der Waals surface area (Å²) in [5.74, 6) is 1.19. The van der Waals surface area contributed by atoms with Gasteiger partial charge in [-0.3, -0.25) is 0 Å². The Bertz CT molecular complexity index is 3350. The SMILES string of the molecule is c1ccc2nc3c(nc2c1)sc1cc(-c2ccc4cc(N(c5ccc(-c6nc7ccccc7o6)cc5)c5ccc(-c6nc7ccccc7o6)cc5)ccc4c2)ccc13. The number of para-hydroxylation sites is 6. The van der Waals surface area contributed by atoms with Crippen molar-refractivity contribution in [1.82, 2.24) is 19.9 Å². The Hall–Kier alpha value is -7.68. The Labute approximate surface area is 335 Å². The van der Waals surface area contributed by atoms with Crippen LogP contribution in [-0.2, 0) is 0 Å². The minimum Gasteiger partial charge on any atom is -0.436 e. The van der Waals surface area contributed by atoms with Gasteiger partial charge in [0.2, 0.25) is 11.8 Å². The van der Waals surface area contributed by atoms with Crippen LogP contribution < -0.4 is 4.90 Å². The van der Waals surface area contributed by atoms with E-state index in [1.54, 1.807) is 11.3 Å². The number of rotatable bonds is 6. The van der Waals surface area contributed by atoms with Gasteiger partial charge in [0.25, 0.3) is 0 Å². The van der Waals surface area contributed by atoms with E-state index in [0.29, 0.717) is 11.8 Å². The van der Waals surface area contributed by atoms with Gasteiger partial charge >= 0.3 is 0 Å². The molecule has 0 aliphatic rings. The van der Waals surface area contributed by atoms with E-state index in [9.17, 15) is 0 Å². The monoisotopic (exact) mass is 763 g/mol. The molecule has 8 heteroatoms. The number of aromatic nitrogens is 4. The highest BCUT2D eigenvalue weighted by Crippen LogP contribution is 2.40. The van der Waals surface area contributed by atoms with E-state index >= 15 is 0 Å². The lowest BCUT2D eigenvalue weighted by atomic mass is 10.00. The Morgan fingerprint density at radius 3 is 1.53 bits per heavy atom. The van der Waals surface area contributed by atoms with Crippen LogP contribution in [-0.4, -0.2) is 19.9 Å².